The van der Waals surface area contributed by atoms with Gasteiger partial charge < -0.3 is 9.84 Å². The van der Waals surface area contributed by atoms with Crippen molar-refractivity contribution in [2.24, 2.45) is 0 Å². The summed E-state index contributed by atoms with van der Waals surface area (Å²) in [5, 5.41) is 13.3. The van der Waals surface area contributed by atoms with Crippen LogP contribution in [0.4, 0.5) is 5.95 Å². The summed E-state index contributed by atoms with van der Waals surface area (Å²) in [5.41, 5.74) is 0.525. The molecule has 0 spiro atoms. The molecule has 0 amide bonds. The van der Waals surface area contributed by atoms with Crippen molar-refractivity contribution in [2.45, 2.75) is 25.4 Å². The maximum absolute atomic E-state index is 13.7. The number of anilines is 1. The Hall–Kier alpha value is -2.58. The highest BCUT2D eigenvalue weighted by Crippen LogP contribution is 2.35. The number of benzene rings is 1. The van der Waals surface area contributed by atoms with Crippen LogP contribution in [0.3, 0.4) is 0 Å². The lowest BCUT2D eigenvalue weighted by molar-refractivity contribution is -0.722. The molecule has 2 aliphatic heterocycles. The number of rotatable bonds is 3. The normalized spacial score (nSPS) is 17.9. The molecule has 3 aromatic rings. The van der Waals surface area contributed by atoms with Crippen LogP contribution in [0.5, 0.6) is 11.6 Å². The molecule has 1 atom stereocenters. The molecule has 0 saturated carbocycles. The van der Waals surface area contributed by atoms with Crippen LogP contribution in [0.1, 0.15) is 23.8 Å². The van der Waals surface area contributed by atoms with Gasteiger partial charge in [-0.2, -0.15) is 4.57 Å². The summed E-state index contributed by atoms with van der Waals surface area (Å²) < 4.78 is 9.18. The highest BCUT2D eigenvalue weighted by molar-refractivity contribution is 7.15. The number of hydrogen-bond acceptors (Lipinski definition) is 6. The zero-order valence-electron chi connectivity index (χ0n) is 15.8. The van der Waals surface area contributed by atoms with Crippen molar-refractivity contribution < 1.29 is 14.4 Å². The molecule has 4 heterocycles. The Labute approximate surface area is 176 Å². The maximum Gasteiger partial charge on any atom is 0.362 e. The van der Waals surface area contributed by atoms with E-state index in [0.29, 0.717) is 28.3 Å². The van der Waals surface area contributed by atoms with Crippen molar-refractivity contribution in [1.82, 2.24) is 9.55 Å². The number of methoxy groups -OCH3 is 1. The van der Waals surface area contributed by atoms with Crippen molar-refractivity contribution in [1.29, 1.82) is 0 Å². The summed E-state index contributed by atoms with van der Waals surface area (Å²) in [6.45, 7) is 2.24. The van der Waals surface area contributed by atoms with E-state index >= 15 is 0 Å². The third kappa shape index (κ3) is 2.89. The molecule has 150 valence electrons. The largest absolute Gasteiger partial charge is 0.848 e. The summed E-state index contributed by atoms with van der Waals surface area (Å²) in [6.07, 6.45) is 3.38. The van der Waals surface area contributed by atoms with Gasteiger partial charge in [-0.25, -0.2) is 9.55 Å². The zero-order valence-corrected chi connectivity index (χ0v) is 17.4. The van der Waals surface area contributed by atoms with Crippen LogP contribution in [0.2, 0.25) is 4.47 Å². The van der Waals surface area contributed by atoms with Crippen molar-refractivity contribution in [2.75, 3.05) is 25.1 Å². The Bertz CT molecular complexity index is 1140. The smallest absolute Gasteiger partial charge is 0.362 e. The van der Waals surface area contributed by atoms with E-state index in [9.17, 15) is 9.90 Å². The van der Waals surface area contributed by atoms with Crippen LogP contribution in [0, 0.1) is 0 Å². The highest BCUT2D eigenvalue weighted by Gasteiger charge is 2.40. The van der Waals surface area contributed by atoms with Gasteiger partial charge in [-0.1, -0.05) is 23.7 Å². The second-order valence-corrected chi connectivity index (χ2v) is 8.84. The molecule has 2 aliphatic rings. The van der Waals surface area contributed by atoms with Gasteiger partial charge in [0.2, 0.25) is 0 Å². The van der Waals surface area contributed by atoms with Crippen LogP contribution >= 0.6 is 22.9 Å². The first kappa shape index (κ1) is 18.4. The van der Waals surface area contributed by atoms with Gasteiger partial charge in [0, 0.05) is 24.9 Å². The van der Waals surface area contributed by atoms with Gasteiger partial charge >= 0.3 is 11.5 Å². The molecule has 5 rings (SSSR count). The second kappa shape index (κ2) is 7.03. The highest BCUT2D eigenvalue weighted by atomic mass is 35.5. The predicted octanol–water partition coefficient (Wildman–Crippen LogP) is 2.20. The van der Waals surface area contributed by atoms with Crippen molar-refractivity contribution in [3.63, 3.8) is 0 Å². The lowest BCUT2D eigenvalue weighted by Gasteiger charge is -2.36. The molecule has 1 unspecified atom stereocenters. The van der Waals surface area contributed by atoms with E-state index in [4.69, 9.17) is 16.3 Å². The zero-order chi connectivity index (χ0) is 20.1. The van der Waals surface area contributed by atoms with E-state index in [1.54, 1.807) is 46.7 Å². The lowest BCUT2D eigenvalue weighted by Crippen LogP contribution is -2.64. The van der Waals surface area contributed by atoms with E-state index in [2.05, 4.69) is 9.88 Å². The fourth-order valence-corrected chi connectivity index (χ4v) is 5.38. The molecule has 9 heteroatoms. The monoisotopic (exact) mass is 430 g/mol. The minimum absolute atomic E-state index is 0.180. The summed E-state index contributed by atoms with van der Waals surface area (Å²) >= 11 is 7.45. The van der Waals surface area contributed by atoms with Crippen molar-refractivity contribution >= 4 is 28.9 Å². The van der Waals surface area contributed by atoms with Gasteiger partial charge in [-0.3, -0.25) is 9.69 Å². The van der Waals surface area contributed by atoms with E-state index < -0.39 is 0 Å². The van der Waals surface area contributed by atoms with Gasteiger partial charge in [0.15, 0.2) is 4.47 Å². The first-order valence-corrected chi connectivity index (χ1v) is 10.7. The maximum atomic E-state index is 13.7. The summed E-state index contributed by atoms with van der Waals surface area (Å²) in [4.78, 5) is 20.9. The molecule has 29 heavy (non-hydrogen) atoms. The fourth-order valence-electron chi connectivity index (χ4n) is 4.30. The molecular formula is C20H19ClN4O3S. The molecule has 0 aliphatic carbocycles. The first-order valence-electron chi connectivity index (χ1n) is 9.48. The van der Waals surface area contributed by atoms with Crippen LogP contribution < -0.4 is 24.9 Å². The molecule has 0 bridgehead atoms. The fraction of sp³-hybridized carbons (Fsp3) is 0.350. The number of nitrogens with zero attached hydrogens (tertiary/aromatic N) is 4. The third-order valence-electron chi connectivity index (χ3n) is 5.63. The number of aromatic nitrogens is 3. The summed E-state index contributed by atoms with van der Waals surface area (Å²) in [5.74, 6) is 1.14. The number of ether oxygens (including phenoxy) is 1. The van der Waals surface area contributed by atoms with Crippen LogP contribution in [0.25, 0.3) is 11.1 Å². The standard InChI is InChI=1S/C20H19ClN4O3S/c1-28-13-5-3-12(4-6-13)16-17(26)24-9-2-8-23-10-7-14(15-11-22-19(21)29-15)25(18(16)27)20(23)24/h3-6,11,14H,2,7-10H2,1H3. The average Bonchev–Trinajstić information content (AvgIpc) is 3.18. The SMILES string of the molecule is COc1ccc(-c2c([O-])n3c4[n+](c2=O)C(c2cnc(Cl)s2)CCN4CCC3)cc1. The number of hydrogen-bond donors (Lipinski definition) is 0. The Morgan fingerprint density at radius 3 is 2.76 bits per heavy atom. The minimum atomic E-state index is -0.271. The quantitative estimate of drug-likeness (QED) is 0.595. The van der Waals surface area contributed by atoms with Gasteiger partial charge in [0.25, 0.3) is 0 Å². The lowest BCUT2D eigenvalue weighted by atomic mass is 10.0. The van der Waals surface area contributed by atoms with Crippen LogP contribution in [-0.2, 0) is 6.54 Å². The van der Waals surface area contributed by atoms with E-state index in [0.717, 1.165) is 30.8 Å². The van der Waals surface area contributed by atoms with E-state index in [1.807, 2.05) is 0 Å². The van der Waals surface area contributed by atoms with E-state index in [-0.39, 0.29) is 23.0 Å². The minimum Gasteiger partial charge on any atom is -0.848 e. The molecule has 0 radical (unpaired) electrons. The molecule has 2 aromatic heterocycles. The predicted molar refractivity (Wildman–Crippen MR) is 109 cm³/mol. The first-order chi connectivity index (χ1) is 14.1. The average molecular weight is 431 g/mol. The number of thiazole rings is 1. The molecule has 0 saturated heterocycles. The van der Waals surface area contributed by atoms with Crippen molar-refractivity contribution in [3.8, 4) is 22.8 Å². The third-order valence-corrected chi connectivity index (χ3v) is 6.84. The second-order valence-electron chi connectivity index (χ2n) is 7.20. The Balaban J connectivity index is 1.77. The Morgan fingerprint density at radius 1 is 1.28 bits per heavy atom. The summed E-state index contributed by atoms with van der Waals surface area (Å²) in [6, 6.07) is 6.88. The molecule has 0 N–H and O–H groups in total. The van der Waals surface area contributed by atoms with Crippen LogP contribution in [0.15, 0.2) is 35.3 Å². The topological polar surface area (TPSA) is 74.3 Å². The van der Waals surface area contributed by atoms with E-state index in [1.165, 1.54) is 11.3 Å². The molecule has 1 aromatic carbocycles. The Morgan fingerprint density at radius 2 is 2.07 bits per heavy atom. The van der Waals surface area contributed by atoms with Gasteiger partial charge in [0.1, 0.15) is 11.8 Å². The number of halogens is 1. The Kier molecular flexibility index (Phi) is 4.48. The summed E-state index contributed by atoms with van der Waals surface area (Å²) in [7, 11) is 1.58. The van der Waals surface area contributed by atoms with Gasteiger partial charge in [-0.05, 0) is 17.7 Å². The van der Waals surface area contributed by atoms with Gasteiger partial charge in [0.05, 0.1) is 37.2 Å². The van der Waals surface area contributed by atoms with Crippen LogP contribution in [-0.4, -0.2) is 29.8 Å². The molecular weight excluding hydrogens is 412 g/mol. The van der Waals surface area contributed by atoms with Gasteiger partial charge in [-0.15, -0.1) is 11.3 Å². The van der Waals surface area contributed by atoms with Crippen molar-refractivity contribution in [3.05, 3.63) is 50.2 Å². The molecule has 0 fully saturated rings. The molecule has 7 nitrogen and oxygen atoms in total.